The third kappa shape index (κ3) is 4.11. The van der Waals surface area contributed by atoms with Crippen LogP contribution in [-0.4, -0.2) is 51.2 Å². The Bertz CT molecular complexity index is 1640. The van der Waals surface area contributed by atoms with E-state index in [0.717, 1.165) is 78.3 Å². The standard InChI is InChI=1S/C28H27N7O2/c36-28-23(26-31-21-9-8-18(16-22(21)32-26)35-12-14-37-15-13-35)25(19-4-1-2-5-20(19)33-28)34-24(17-6-7-17)27-29-10-3-11-30-27/h1-5,8-11,16-17,24H,6-7,12-15H2,(H,31,32)(H2,33,34,36). The normalized spacial score (nSPS) is 16.8. The maximum absolute atomic E-state index is 13.5. The van der Waals surface area contributed by atoms with E-state index in [1.165, 1.54) is 0 Å². The Hall–Kier alpha value is -4.24. The zero-order valence-corrected chi connectivity index (χ0v) is 20.3. The predicted molar refractivity (Wildman–Crippen MR) is 144 cm³/mol. The molecule has 1 aliphatic carbocycles. The van der Waals surface area contributed by atoms with Crippen LogP contribution in [0, 0.1) is 5.92 Å². The molecule has 1 atom stereocenters. The van der Waals surface area contributed by atoms with Crippen LogP contribution in [0.1, 0.15) is 24.7 Å². The first-order chi connectivity index (χ1) is 18.2. The summed E-state index contributed by atoms with van der Waals surface area (Å²) in [5, 5.41) is 4.61. The van der Waals surface area contributed by atoms with Crippen molar-refractivity contribution in [2.45, 2.75) is 18.9 Å². The number of ether oxygens (including phenoxy) is 1. The van der Waals surface area contributed by atoms with Crippen molar-refractivity contribution in [2.24, 2.45) is 5.92 Å². The van der Waals surface area contributed by atoms with E-state index in [2.05, 4.69) is 42.3 Å². The molecule has 37 heavy (non-hydrogen) atoms. The Morgan fingerprint density at radius 1 is 0.973 bits per heavy atom. The molecule has 1 unspecified atom stereocenters. The number of aromatic amines is 2. The fourth-order valence-corrected chi connectivity index (χ4v) is 5.20. The van der Waals surface area contributed by atoms with Crippen molar-refractivity contribution in [3.63, 3.8) is 0 Å². The number of benzene rings is 2. The second-order valence-electron chi connectivity index (χ2n) is 9.70. The largest absolute Gasteiger partial charge is 0.378 e. The van der Waals surface area contributed by atoms with Gasteiger partial charge in [-0.1, -0.05) is 18.2 Å². The Kier molecular flexibility index (Phi) is 5.35. The van der Waals surface area contributed by atoms with Crippen LogP contribution < -0.4 is 15.8 Å². The molecule has 0 spiro atoms. The lowest BCUT2D eigenvalue weighted by Gasteiger charge is -2.28. The van der Waals surface area contributed by atoms with Crippen LogP contribution in [0.4, 0.5) is 11.4 Å². The van der Waals surface area contributed by atoms with Gasteiger partial charge in [-0.2, -0.15) is 0 Å². The molecule has 0 bridgehead atoms. The van der Waals surface area contributed by atoms with E-state index in [1.807, 2.05) is 36.4 Å². The molecule has 5 aromatic rings. The Morgan fingerprint density at radius 2 is 1.78 bits per heavy atom. The highest BCUT2D eigenvalue weighted by Gasteiger charge is 2.35. The van der Waals surface area contributed by atoms with Crippen molar-refractivity contribution < 1.29 is 4.74 Å². The van der Waals surface area contributed by atoms with E-state index in [0.29, 0.717) is 17.3 Å². The number of para-hydroxylation sites is 1. The molecule has 1 aliphatic heterocycles. The van der Waals surface area contributed by atoms with Crippen molar-refractivity contribution in [2.75, 3.05) is 36.5 Å². The van der Waals surface area contributed by atoms with Crippen molar-refractivity contribution in [3.8, 4) is 11.4 Å². The number of anilines is 2. The van der Waals surface area contributed by atoms with Gasteiger partial charge in [0, 0.05) is 36.6 Å². The highest BCUT2D eigenvalue weighted by Crippen LogP contribution is 2.43. The summed E-state index contributed by atoms with van der Waals surface area (Å²) >= 11 is 0. The number of fused-ring (bicyclic) bond motifs is 2. The van der Waals surface area contributed by atoms with Gasteiger partial charge in [-0.15, -0.1) is 0 Å². The minimum absolute atomic E-state index is 0.0949. The van der Waals surface area contributed by atoms with Gasteiger partial charge in [-0.25, -0.2) is 15.0 Å². The molecule has 2 fully saturated rings. The summed E-state index contributed by atoms with van der Waals surface area (Å²) in [5.74, 6) is 1.69. The van der Waals surface area contributed by atoms with Crippen LogP contribution in [0.3, 0.4) is 0 Å². The monoisotopic (exact) mass is 493 g/mol. The number of hydrogen-bond acceptors (Lipinski definition) is 7. The third-order valence-electron chi connectivity index (χ3n) is 7.26. The molecular formula is C28H27N7O2. The zero-order valence-electron chi connectivity index (χ0n) is 20.3. The van der Waals surface area contributed by atoms with Gasteiger partial charge in [0.1, 0.15) is 11.4 Å². The van der Waals surface area contributed by atoms with E-state index in [-0.39, 0.29) is 11.6 Å². The Labute approximate surface area is 212 Å². The molecule has 9 heteroatoms. The maximum Gasteiger partial charge on any atom is 0.261 e. The number of pyridine rings is 1. The zero-order chi connectivity index (χ0) is 24.8. The summed E-state index contributed by atoms with van der Waals surface area (Å²) in [5.41, 5.74) is 4.64. The predicted octanol–water partition coefficient (Wildman–Crippen LogP) is 4.26. The minimum atomic E-state index is -0.197. The van der Waals surface area contributed by atoms with Gasteiger partial charge in [-0.3, -0.25) is 4.79 Å². The van der Waals surface area contributed by atoms with E-state index in [1.54, 1.807) is 12.4 Å². The smallest absolute Gasteiger partial charge is 0.261 e. The van der Waals surface area contributed by atoms with Crippen LogP contribution in [0.15, 0.2) is 65.7 Å². The summed E-state index contributed by atoms with van der Waals surface area (Å²) in [6.07, 6.45) is 5.73. The first-order valence-electron chi connectivity index (χ1n) is 12.8. The third-order valence-corrected chi connectivity index (χ3v) is 7.26. The molecule has 7 rings (SSSR count). The second kappa shape index (κ2) is 9.01. The van der Waals surface area contributed by atoms with Gasteiger partial charge in [0.25, 0.3) is 5.56 Å². The molecule has 9 nitrogen and oxygen atoms in total. The molecule has 4 heterocycles. The van der Waals surface area contributed by atoms with E-state index < -0.39 is 0 Å². The van der Waals surface area contributed by atoms with Crippen molar-refractivity contribution in [1.29, 1.82) is 0 Å². The highest BCUT2D eigenvalue weighted by atomic mass is 16.5. The number of imidazole rings is 1. The Morgan fingerprint density at radius 3 is 2.59 bits per heavy atom. The molecule has 1 saturated carbocycles. The van der Waals surface area contributed by atoms with Crippen LogP contribution in [0.2, 0.25) is 0 Å². The number of rotatable bonds is 6. The SMILES string of the molecule is O=c1[nH]c2ccccc2c(NC(c2ncccn2)C2CC2)c1-c1nc2ccc(N3CCOCC3)cc2[nH]1. The minimum Gasteiger partial charge on any atom is -0.378 e. The summed E-state index contributed by atoms with van der Waals surface area (Å²) in [4.78, 5) is 36.2. The van der Waals surface area contributed by atoms with Gasteiger partial charge in [0.15, 0.2) is 5.82 Å². The molecule has 2 aromatic carbocycles. The van der Waals surface area contributed by atoms with E-state index in [4.69, 9.17) is 9.72 Å². The van der Waals surface area contributed by atoms with Gasteiger partial charge in [0.2, 0.25) is 0 Å². The Balaban J connectivity index is 1.36. The lowest BCUT2D eigenvalue weighted by Crippen LogP contribution is -2.36. The van der Waals surface area contributed by atoms with Crippen LogP contribution >= 0.6 is 0 Å². The quantitative estimate of drug-likeness (QED) is 0.324. The molecule has 1 saturated heterocycles. The first-order valence-corrected chi connectivity index (χ1v) is 12.8. The average Bonchev–Trinajstić information content (AvgIpc) is 3.70. The lowest BCUT2D eigenvalue weighted by atomic mass is 10.1. The number of nitrogens with zero attached hydrogens (tertiary/aromatic N) is 4. The number of hydrogen-bond donors (Lipinski definition) is 3. The summed E-state index contributed by atoms with van der Waals surface area (Å²) < 4.78 is 5.50. The maximum atomic E-state index is 13.5. The lowest BCUT2D eigenvalue weighted by molar-refractivity contribution is 0.122. The fraction of sp³-hybridized carbons (Fsp3) is 0.286. The summed E-state index contributed by atoms with van der Waals surface area (Å²) in [6.45, 7) is 3.16. The van der Waals surface area contributed by atoms with Crippen molar-refractivity contribution in [3.05, 3.63) is 77.1 Å². The molecular weight excluding hydrogens is 466 g/mol. The van der Waals surface area contributed by atoms with Gasteiger partial charge < -0.3 is 24.9 Å². The van der Waals surface area contributed by atoms with Crippen LogP contribution in [-0.2, 0) is 4.74 Å². The first kappa shape index (κ1) is 22.0. The fourth-order valence-electron chi connectivity index (χ4n) is 5.20. The second-order valence-corrected chi connectivity index (χ2v) is 9.70. The van der Waals surface area contributed by atoms with Crippen LogP contribution in [0.25, 0.3) is 33.3 Å². The average molecular weight is 494 g/mol. The van der Waals surface area contributed by atoms with Gasteiger partial charge in [-0.05, 0) is 49.1 Å². The molecule has 3 N–H and O–H groups in total. The molecule has 2 aliphatic rings. The number of H-pyrrole nitrogens is 2. The van der Waals surface area contributed by atoms with Crippen LogP contribution in [0.5, 0.6) is 0 Å². The van der Waals surface area contributed by atoms with Crippen molar-refractivity contribution in [1.82, 2.24) is 24.9 Å². The van der Waals surface area contributed by atoms with Gasteiger partial charge >= 0.3 is 0 Å². The molecule has 3 aromatic heterocycles. The molecule has 0 amide bonds. The highest BCUT2D eigenvalue weighted by molar-refractivity contribution is 5.99. The molecule has 186 valence electrons. The summed E-state index contributed by atoms with van der Waals surface area (Å²) in [6, 6.07) is 15.8. The number of morpholine rings is 1. The van der Waals surface area contributed by atoms with E-state index >= 15 is 0 Å². The number of aromatic nitrogens is 5. The number of nitrogens with one attached hydrogen (secondary N) is 3. The summed E-state index contributed by atoms with van der Waals surface area (Å²) in [7, 11) is 0. The van der Waals surface area contributed by atoms with Crippen molar-refractivity contribution >= 4 is 33.3 Å². The van der Waals surface area contributed by atoms with Gasteiger partial charge in [0.05, 0.1) is 41.5 Å². The van der Waals surface area contributed by atoms with E-state index in [9.17, 15) is 4.79 Å². The molecule has 0 radical (unpaired) electrons. The topological polar surface area (TPSA) is 112 Å².